The summed E-state index contributed by atoms with van der Waals surface area (Å²) < 4.78 is 1.52. The smallest absolute Gasteiger partial charge is 0.266 e. The molecule has 1 saturated heterocycles. The van der Waals surface area contributed by atoms with Gasteiger partial charge in [0.2, 0.25) is 0 Å². The lowest BCUT2D eigenvalue weighted by Crippen LogP contribution is -2.37. The molecule has 0 radical (unpaired) electrons. The summed E-state index contributed by atoms with van der Waals surface area (Å²) in [7, 11) is 0. The molecule has 0 saturated carbocycles. The molecule has 7 nitrogen and oxygen atoms in total. The number of aromatic nitrogens is 5. The van der Waals surface area contributed by atoms with E-state index in [1.54, 1.807) is 31.0 Å². The first-order chi connectivity index (χ1) is 11.3. The van der Waals surface area contributed by atoms with Gasteiger partial charge in [0, 0.05) is 30.4 Å². The molecule has 0 aliphatic carbocycles. The molecule has 4 heterocycles. The van der Waals surface area contributed by atoms with Gasteiger partial charge in [-0.15, -0.1) is 0 Å². The lowest BCUT2D eigenvalue weighted by molar-refractivity contribution is 0.487. The normalized spacial score (nSPS) is 17.7. The van der Waals surface area contributed by atoms with E-state index in [2.05, 4.69) is 25.0 Å². The van der Waals surface area contributed by atoms with E-state index in [1.807, 2.05) is 6.07 Å². The summed E-state index contributed by atoms with van der Waals surface area (Å²) in [6, 6.07) is 5.34. The monoisotopic (exact) mass is 308 g/mol. The van der Waals surface area contributed by atoms with Crippen molar-refractivity contribution in [3.8, 4) is 0 Å². The van der Waals surface area contributed by atoms with Crippen LogP contribution >= 0.6 is 0 Å². The molecule has 4 rings (SSSR count). The molecule has 3 aromatic heterocycles. The number of fused-ring (bicyclic) bond motifs is 1. The van der Waals surface area contributed by atoms with Crippen LogP contribution in [0, 0.1) is 0 Å². The number of pyridine rings is 1. The minimum Gasteiger partial charge on any atom is -0.351 e. The maximum absolute atomic E-state index is 11.9. The zero-order valence-corrected chi connectivity index (χ0v) is 12.5. The largest absolute Gasteiger partial charge is 0.351 e. The number of nitrogens with zero attached hydrogens (tertiary/aromatic N) is 6. The summed E-state index contributed by atoms with van der Waals surface area (Å²) in [5.41, 5.74) is 0.759. The highest BCUT2D eigenvalue weighted by Gasteiger charge is 2.27. The van der Waals surface area contributed by atoms with E-state index < -0.39 is 0 Å². The van der Waals surface area contributed by atoms with Crippen molar-refractivity contribution in [3.63, 3.8) is 0 Å². The maximum atomic E-state index is 11.9. The third kappa shape index (κ3) is 2.54. The van der Waals surface area contributed by atoms with Crippen LogP contribution in [0.4, 0.5) is 5.82 Å². The number of hydrogen-bond acceptors (Lipinski definition) is 6. The van der Waals surface area contributed by atoms with E-state index in [0.717, 1.165) is 36.1 Å². The van der Waals surface area contributed by atoms with Crippen molar-refractivity contribution < 1.29 is 0 Å². The van der Waals surface area contributed by atoms with E-state index in [4.69, 9.17) is 0 Å². The number of rotatable bonds is 3. The van der Waals surface area contributed by atoms with Gasteiger partial charge >= 0.3 is 0 Å². The van der Waals surface area contributed by atoms with Gasteiger partial charge in [0.15, 0.2) is 0 Å². The van der Waals surface area contributed by atoms with Crippen molar-refractivity contribution >= 4 is 16.7 Å². The Morgan fingerprint density at radius 1 is 1.22 bits per heavy atom. The first-order valence-electron chi connectivity index (χ1n) is 7.66. The van der Waals surface area contributed by atoms with E-state index in [1.165, 1.54) is 10.7 Å². The molecule has 0 aromatic carbocycles. The lowest BCUT2D eigenvalue weighted by atomic mass is 10.2. The molecule has 1 atom stereocenters. The van der Waals surface area contributed by atoms with E-state index in [-0.39, 0.29) is 11.6 Å². The molecule has 3 aromatic rings. The summed E-state index contributed by atoms with van der Waals surface area (Å²) in [4.78, 5) is 27.0. The van der Waals surface area contributed by atoms with Gasteiger partial charge in [-0.25, -0.2) is 14.6 Å². The molecule has 1 unspecified atom stereocenters. The second-order valence-corrected chi connectivity index (χ2v) is 5.62. The molecule has 1 fully saturated rings. The van der Waals surface area contributed by atoms with Crippen LogP contribution in [0.15, 0.2) is 47.9 Å². The fourth-order valence-electron chi connectivity index (χ4n) is 3.15. The molecule has 1 aliphatic rings. The van der Waals surface area contributed by atoms with Crippen molar-refractivity contribution in [2.24, 2.45) is 0 Å². The van der Waals surface area contributed by atoms with Crippen LogP contribution in [0.3, 0.4) is 0 Å². The standard InChI is InChI=1S/C16H16N6O/c23-15-4-1-6-20-22(15)10-12-3-2-8-21(12)16-13-5-7-17-9-14(13)18-11-19-16/h1,4-7,9,11-12H,2-3,8,10H2. The second kappa shape index (κ2) is 5.75. The predicted molar refractivity (Wildman–Crippen MR) is 86.2 cm³/mol. The molecule has 23 heavy (non-hydrogen) atoms. The van der Waals surface area contributed by atoms with Gasteiger partial charge in [-0.05, 0) is 25.0 Å². The number of anilines is 1. The summed E-state index contributed by atoms with van der Waals surface area (Å²) >= 11 is 0. The number of hydrogen-bond donors (Lipinski definition) is 0. The van der Waals surface area contributed by atoms with Gasteiger partial charge in [-0.1, -0.05) is 0 Å². The Labute approximate surface area is 132 Å². The summed E-state index contributed by atoms with van der Waals surface area (Å²) in [5.74, 6) is 0.906. The van der Waals surface area contributed by atoms with Crippen LogP contribution in [-0.4, -0.2) is 37.3 Å². The minimum atomic E-state index is -0.0731. The minimum absolute atomic E-state index is 0.0731. The maximum Gasteiger partial charge on any atom is 0.266 e. The van der Waals surface area contributed by atoms with Gasteiger partial charge in [-0.3, -0.25) is 9.78 Å². The SMILES string of the molecule is O=c1cccnn1CC1CCCN1c1ncnc2cnccc12. The summed E-state index contributed by atoms with van der Waals surface area (Å²) in [6.45, 7) is 1.48. The highest BCUT2D eigenvalue weighted by molar-refractivity contribution is 5.88. The molecule has 0 N–H and O–H groups in total. The Morgan fingerprint density at radius 3 is 3.09 bits per heavy atom. The van der Waals surface area contributed by atoms with E-state index in [9.17, 15) is 4.79 Å². The van der Waals surface area contributed by atoms with E-state index in [0.29, 0.717) is 6.54 Å². The van der Waals surface area contributed by atoms with E-state index >= 15 is 0 Å². The van der Waals surface area contributed by atoms with Crippen LogP contribution in [-0.2, 0) is 6.54 Å². The van der Waals surface area contributed by atoms with Crippen molar-refractivity contribution in [2.75, 3.05) is 11.4 Å². The third-order valence-electron chi connectivity index (χ3n) is 4.24. The van der Waals surface area contributed by atoms with Gasteiger partial charge in [-0.2, -0.15) is 5.10 Å². The molecule has 0 bridgehead atoms. The van der Waals surface area contributed by atoms with Crippen molar-refractivity contribution in [1.29, 1.82) is 0 Å². The summed E-state index contributed by atoms with van der Waals surface area (Å²) in [6.07, 6.45) is 8.80. The Kier molecular flexibility index (Phi) is 3.45. The molecular formula is C16H16N6O. The topological polar surface area (TPSA) is 76.8 Å². The van der Waals surface area contributed by atoms with Crippen LogP contribution < -0.4 is 10.5 Å². The van der Waals surface area contributed by atoms with Crippen molar-refractivity contribution in [1.82, 2.24) is 24.7 Å². The predicted octanol–water partition coefficient (Wildman–Crippen LogP) is 1.25. The molecular weight excluding hydrogens is 292 g/mol. The molecule has 116 valence electrons. The second-order valence-electron chi connectivity index (χ2n) is 5.62. The Bertz CT molecular complexity index is 887. The first-order valence-corrected chi connectivity index (χ1v) is 7.66. The fourth-order valence-corrected chi connectivity index (χ4v) is 3.15. The highest BCUT2D eigenvalue weighted by atomic mass is 16.1. The Morgan fingerprint density at radius 2 is 2.17 bits per heavy atom. The zero-order chi connectivity index (χ0) is 15.6. The van der Waals surface area contributed by atoms with Crippen molar-refractivity contribution in [3.05, 3.63) is 53.5 Å². The van der Waals surface area contributed by atoms with Gasteiger partial charge in [0.05, 0.1) is 24.3 Å². The molecule has 0 amide bonds. The fraction of sp³-hybridized carbons (Fsp3) is 0.312. The highest BCUT2D eigenvalue weighted by Crippen LogP contribution is 2.29. The molecule has 1 aliphatic heterocycles. The van der Waals surface area contributed by atoms with Gasteiger partial charge in [0.1, 0.15) is 12.1 Å². The molecule has 7 heteroatoms. The van der Waals surface area contributed by atoms with Crippen molar-refractivity contribution in [2.45, 2.75) is 25.4 Å². The average Bonchev–Trinajstić information content (AvgIpc) is 3.04. The van der Waals surface area contributed by atoms with Crippen LogP contribution in [0.2, 0.25) is 0 Å². The quantitative estimate of drug-likeness (QED) is 0.725. The summed E-state index contributed by atoms with van der Waals surface area (Å²) in [5, 5.41) is 5.16. The lowest BCUT2D eigenvalue weighted by Gasteiger charge is -2.26. The van der Waals surface area contributed by atoms with Crippen LogP contribution in [0.1, 0.15) is 12.8 Å². The van der Waals surface area contributed by atoms with Gasteiger partial charge < -0.3 is 4.90 Å². The van der Waals surface area contributed by atoms with Crippen LogP contribution in [0.5, 0.6) is 0 Å². The third-order valence-corrected chi connectivity index (χ3v) is 4.24. The van der Waals surface area contributed by atoms with Gasteiger partial charge in [0.25, 0.3) is 5.56 Å². The zero-order valence-electron chi connectivity index (χ0n) is 12.5. The average molecular weight is 308 g/mol. The molecule has 0 spiro atoms. The Hall–Kier alpha value is -2.83. The van der Waals surface area contributed by atoms with Crippen LogP contribution in [0.25, 0.3) is 10.9 Å². The first kappa shape index (κ1) is 13.8. The Balaban J connectivity index is 1.70.